The molecule has 20 heavy (non-hydrogen) atoms. The minimum absolute atomic E-state index is 0.492. The molecule has 4 nitrogen and oxygen atoms in total. The number of hydrogen-bond acceptors (Lipinski definition) is 2. The fraction of sp³-hybridized carbons (Fsp3) is 0.733. The Kier molecular flexibility index (Phi) is 2.85. The summed E-state index contributed by atoms with van der Waals surface area (Å²) < 4.78 is 4.52. The first-order chi connectivity index (χ1) is 9.72. The zero-order valence-corrected chi connectivity index (χ0v) is 12.9. The van der Waals surface area contributed by atoms with Crippen LogP contribution in [-0.2, 0) is 12.4 Å². The SMILES string of the molecule is CCn1nc(C)c2nc(CCl)n(C3CC4CCC3C4)c21. The Morgan fingerprint density at radius 2 is 2.15 bits per heavy atom. The molecule has 2 heterocycles. The highest BCUT2D eigenvalue weighted by Crippen LogP contribution is 2.51. The van der Waals surface area contributed by atoms with Gasteiger partial charge in [-0.1, -0.05) is 6.42 Å². The van der Waals surface area contributed by atoms with Gasteiger partial charge in [-0.05, 0) is 44.9 Å². The smallest absolute Gasteiger partial charge is 0.159 e. The highest BCUT2D eigenvalue weighted by atomic mass is 35.5. The van der Waals surface area contributed by atoms with E-state index in [0.717, 1.165) is 35.4 Å². The maximum atomic E-state index is 6.18. The molecule has 0 radical (unpaired) electrons. The summed E-state index contributed by atoms with van der Waals surface area (Å²) in [5.41, 5.74) is 3.26. The highest BCUT2D eigenvalue weighted by Gasteiger charge is 2.42. The molecule has 2 aliphatic carbocycles. The molecule has 0 aromatic carbocycles. The third-order valence-electron chi connectivity index (χ3n) is 5.27. The normalized spacial score (nSPS) is 28.9. The second-order valence-corrected chi connectivity index (χ2v) is 6.61. The van der Waals surface area contributed by atoms with Gasteiger partial charge >= 0.3 is 0 Å². The monoisotopic (exact) mass is 292 g/mol. The standard InChI is InChI=1S/C15H21ClN4/c1-3-19-15-14(9(2)18-19)17-13(8-16)20(15)12-7-10-4-5-11(12)6-10/h10-12H,3-8H2,1-2H3. The Morgan fingerprint density at radius 3 is 2.75 bits per heavy atom. The van der Waals surface area contributed by atoms with Gasteiger partial charge in [0.1, 0.15) is 11.3 Å². The summed E-state index contributed by atoms with van der Waals surface area (Å²) in [4.78, 5) is 4.78. The molecule has 2 saturated carbocycles. The zero-order chi connectivity index (χ0) is 13.9. The van der Waals surface area contributed by atoms with Gasteiger partial charge in [0.25, 0.3) is 0 Å². The summed E-state index contributed by atoms with van der Waals surface area (Å²) in [6, 6.07) is 0.592. The number of halogens is 1. The van der Waals surface area contributed by atoms with E-state index in [1.165, 1.54) is 31.3 Å². The number of nitrogens with zero attached hydrogens (tertiary/aromatic N) is 4. The maximum absolute atomic E-state index is 6.18. The van der Waals surface area contributed by atoms with Crippen LogP contribution in [0.1, 0.15) is 50.2 Å². The minimum atomic E-state index is 0.492. The van der Waals surface area contributed by atoms with Crippen LogP contribution in [0.15, 0.2) is 0 Å². The van der Waals surface area contributed by atoms with Gasteiger partial charge in [-0.25, -0.2) is 9.67 Å². The number of hydrogen-bond donors (Lipinski definition) is 0. The molecular weight excluding hydrogens is 272 g/mol. The summed E-state index contributed by atoms with van der Waals surface area (Å²) in [5, 5.41) is 4.63. The first-order valence-corrected chi connectivity index (χ1v) is 8.26. The first-order valence-electron chi connectivity index (χ1n) is 7.73. The second kappa shape index (κ2) is 4.48. The topological polar surface area (TPSA) is 35.6 Å². The zero-order valence-electron chi connectivity index (χ0n) is 12.1. The first kappa shape index (κ1) is 12.7. The summed E-state index contributed by atoms with van der Waals surface area (Å²) in [6.07, 6.45) is 5.48. The van der Waals surface area contributed by atoms with Crippen LogP contribution in [0.4, 0.5) is 0 Å². The number of aryl methyl sites for hydroxylation is 2. The number of rotatable bonds is 3. The van der Waals surface area contributed by atoms with E-state index >= 15 is 0 Å². The van der Waals surface area contributed by atoms with Crippen LogP contribution in [0.25, 0.3) is 11.2 Å². The van der Waals surface area contributed by atoms with Gasteiger partial charge in [0, 0.05) is 12.6 Å². The van der Waals surface area contributed by atoms with E-state index < -0.39 is 0 Å². The fourth-order valence-corrected chi connectivity index (χ4v) is 4.61. The lowest BCUT2D eigenvalue weighted by molar-refractivity contribution is 0.327. The fourth-order valence-electron chi connectivity index (χ4n) is 4.42. The van der Waals surface area contributed by atoms with Crippen molar-refractivity contribution in [2.45, 2.75) is 58.0 Å². The molecule has 0 aliphatic heterocycles. The lowest BCUT2D eigenvalue weighted by atomic mass is 9.95. The molecular formula is C15H21ClN4. The summed E-state index contributed by atoms with van der Waals surface area (Å²) in [6.45, 7) is 5.08. The third-order valence-corrected chi connectivity index (χ3v) is 5.51. The van der Waals surface area contributed by atoms with Crippen LogP contribution >= 0.6 is 11.6 Å². The van der Waals surface area contributed by atoms with E-state index in [1.54, 1.807) is 0 Å². The molecule has 0 saturated heterocycles. The average molecular weight is 293 g/mol. The molecule has 2 aliphatic rings. The van der Waals surface area contributed by atoms with Gasteiger partial charge in [0.15, 0.2) is 5.65 Å². The lowest BCUT2D eigenvalue weighted by Crippen LogP contribution is -2.19. The molecule has 2 aromatic rings. The molecule has 0 spiro atoms. The second-order valence-electron chi connectivity index (χ2n) is 6.35. The Balaban J connectivity index is 1.92. The Bertz CT molecular complexity index is 656. The van der Waals surface area contributed by atoms with Crippen molar-refractivity contribution in [1.82, 2.24) is 19.3 Å². The number of alkyl halides is 1. The molecule has 0 N–H and O–H groups in total. The van der Waals surface area contributed by atoms with Crippen LogP contribution in [0, 0.1) is 18.8 Å². The molecule has 108 valence electrons. The molecule has 4 rings (SSSR count). The Labute approximate surface area is 124 Å². The third kappa shape index (κ3) is 1.60. The van der Waals surface area contributed by atoms with E-state index in [4.69, 9.17) is 16.6 Å². The molecule has 0 amide bonds. The van der Waals surface area contributed by atoms with Gasteiger partial charge in [-0.3, -0.25) is 0 Å². The van der Waals surface area contributed by atoms with Crippen LogP contribution < -0.4 is 0 Å². The quantitative estimate of drug-likeness (QED) is 0.809. The van der Waals surface area contributed by atoms with Gasteiger partial charge in [0.05, 0.1) is 11.6 Å². The van der Waals surface area contributed by atoms with Crippen molar-refractivity contribution in [3.63, 3.8) is 0 Å². The van der Waals surface area contributed by atoms with E-state index in [1.807, 2.05) is 6.92 Å². The van der Waals surface area contributed by atoms with Gasteiger partial charge in [0.2, 0.25) is 0 Å². The lowest BCUT2D eigenvalue weighted by Gasteiger charge is -2.25. The maximum Gasteiger partial charge on any atom is 0.159 e. The van der Waals surface area contributed by atoms with E-state index in [-0.39, 0.29) is 0 Å². The van der Waals surface area contributed by atoms with Crippen molar-refractivity contribution in [3.05, 3.63) is 11.5 Å². The number of fused-ring (bicyclic) bond motifs is 3. The summed E-state index contributed by atoms with van der Waals surface area (Å²) in [7, 11) is 0. The van der Waals surface area contributed by atoms with Crippen LogP contribution in [0.3, 0.4) is 0 Å². The molecule has 3 atom stereocenters. The van der Waals surface area contributed by atoms with Crippen molar-refractivity contribution < 1.29 is 0 Å². The van der Waals surface area contributed by atoms with Crippen molar-refractivity contribution in [2.24, 2.45) is 11.8 Å². The van der Waals surface area contributed by atoms with E-state index in [9.17, 15) is 0 Å². The molecule has 2 fully saturated rings. The molecule has 2 bridgehead atoms. The van der Waals surface area contributed by atoms with Crippen molar-refractivity contribution in [3.8, 4) is 0 Å². The number of aromatic nitrogens is 4. The Hall–Kier alpha value is -1.03. The predicted molar refractivity (Wildman–Crippen MR) is 80.0 cm³/mol. The largest absolute Gasteiger partial charge is 0.308 e. The van der Waals surface area contributed by atoms with Gasteiger partial charge in [-0.2, -0.15) is 5.10 Å². The summed E-state index contributed by atoms with van der Waals surface area (Å²) >= 11 is 6.18. The van der Waals surface area contributed by atoms with E-state index in [2.05, 4.69) is 21.3 Å². The van der Waals surface area contributed by atoms with E-state index in [0.29, 0.717) is 11.9 Å². The van der Waals surface area contributed by atoms with Crippen molar-refractivity contribution in [1.29, 1.82) is 0 Å². The highest BCUT2D eigenvalue weighted by molar-refractivity contribution is 6.16. The van der Waals surface area contributed by atoms with Crippen molar-refractivity contribution >= 4 is 22.8 Å². The number of imidazole rings is 1. The van der Waals surface area contributed by atoms with Crippen LogP contribution in [0.2, 0.25) is 0 Å². The summed E-state index contributed by atoms with van der Waals surface area (Å²) in [5.74, 6) is 3.26. The molecule has 2 aromatic heterocycles. The average Bonchev–Trinajstić information content (AvgIpc) is 3.18. The van der Waals surface area contributed by atoms with Crippen LogP contribution in [-0.4, -0.2) is 19.3 Å². The predicted octanol–water partition coefficient (Wildman–Crippen LogP) is 3.66. The van der Waals surface area contributed by atoms with Crippen LogP contribution in [0.5, 0.6) is 0 Å². The molecule has 3 unspecified atom stereocenters. The molecule has 5 heteroatoms. The van der Waals surface area contributed by atoms with Gasteiger partial charge in [-0.15, -0.1) is 11.6 Å². The Morgan fingerprint density at radius 1 is 1.30 bits per heavy atom. The minimum Gasteiger partial charge on any atom is -0.308 e. The van der Waals surface area contributed by atoms with Gasteiger partial charge < -0.3 is 4.57 Å². The van der Waals surface area contributed by atoms with Crippen molar-refractivity contribution in [2.75, 3.05) is 0 Å².